The van der Waals surface area contributed by atoms with Crippen molar-refractivity contribution in [1.29, 1.82) is 0 Å². The van der Waals surface area contributed by atoms with Gasteiger partial charge in [0.25, 0.3) is 0 Å². The highest BCUT2D eigenvalue weighted by Crippen LogP contribution is 2.22. The van der Waals surface area contributed by atoms with E-state index in [0.29, 0.717) is 23.3 Å². The molecule has 0 atom stereocenters. The van der Waals surface area contributed by atoms with Gasteiger partial charge in [0.2, 0.25) is 0 Å². The molecule has 0 saturated heterocycles. The topological polar surface area (TPSA) is 84.1 Å². The summed E-state index contributed by atoms with van der Waals surface area (Å²) in [5.41, 5.74) is 8.35. The highest BCUT2D eigenvalue weighted by molar-refractivity contribution is 7.99. The van der Waals surface area contributed by atoms with Crippen LogP contribution in [0.5, 0.6) is 0 Å². The standard InChI is InChI=1S/C16H22N4OS/c1-11(2)22-10-14-9-15(18-7-8-21)20-16(19-14)12-3-5-13(17)6-4-12/h3-6,9,11,21H,7-8,10,17H2,1-2H3,(H,18,19,20). The van der Waals surface area contributed by atoms with Crippen LogP contribution in [0, 0.1) is 0 Å². The van der Waals surface area contributed by atoms with Gasteiger partial charge in [0.05, 0.1) is 12.3 Å². The Bertz CT molecular complexity index is 602. The summed E-state index contributed by atoms with van der Waals surface area (Å²) in [6.07, 6.45) is 0. The zero-order valence-electron chi connectivity index (χ0n) is 12.9. The molecule has 2 aromatic rings. The molecule has 0 aliphatic heterocycles. The van der Waals surface area contributed by atoms with Crippen LogP contribution in [0.15, 0.2) is 30.3 Å². The first-order valence-corrected chi connectivity index (χ1v) is 8.33. The Hall–Kier alpha value is -1.79. The highest BCUT2D eigenvalue weighted by Gasteiger charge is 2.08. The molecule has 0 saturated carbocycles. The van der Waals surface area contributed by atoms with Crippen LogP contribution in [-0.2, 0) is 5.75 Å². The number of nitrogens with zero attached hydrogens (tertiary/aromatic N) is 2. The molecule has 5 nitrogen and oxygen atoms in total. The summed E-state index contributed by atoms with van der Waals surface area (Å²) in [6, 6.07) is 9.45. The van der Waals surface area contributed by atoms with Gasteiger partial charge < -0.3 is 16.2 Å². The summed E-state index contributed by atoms with van der Waals surface area (Å²) < 4.78 is 0. The summed E-state index contributed by atoms with van der Waals surface area (Å²) in [4.78, 5) is 9.15. The van der Waals surface area contributed by atoms with Crippen molar-refractivity contribution in [1.82, 2.24) is 9.97 Å². The lowest BCUT2D eigenvalue weighted by atomic mass is 10.2. The van der Waals surface area contributed by atoms with Crippen molar-refractivity contribution in [3.05, 3.63) is 36.0 Å². The molecule has 4 N–H and O–H groups in total. The number of nitrogen functional groups attached to an aromatic ring is 1. The van der Waals surface area contributed by atoms with E-state index in [-0.39, 0.29) is 6.61 Å². The minimum atomic E-state index is 0.0668. The van der Waals surface area contributed by atoms with E-state index in [1.54, 1.807) is 0 Å². The van der Waals surface area contributed by atoms with E-state index in [0.717, 1.165) is 22.8 Å². The summed E-state index contributed by atoms with van der Waals surface area (Å²) >= 11 is 1.84. The normalized spacial score (nSPS) is 10.9. The minimum Gasteiger partial charge on any atom is -0.399 e. The molecule has 0 bridgehead atoms. The number of rotatable bonds is 7. The van der Waals surface area contributed by atoms with Crippen molar-refractivity contribution >= 4 is 23.3 Å². The van der Waals surface area contributed by atoms with E-state index in [1.807, 2.05) is 42.1 Å². The van der Waals surface area contributed by atoms with Crippen LogP contribution in [0.1, 0.15) is 19.5 Å². The van der Waals surface area contributed by atoms with Gasteiger partial charge in [0.15, 0.2) is 5.82 Å². The largest absolute Gasteiger partial charge is 0.399 e. The Balaban J connectivity index is 2.30. The lowest BCUT2D eigenvalue weighted by Crippen LogP contribution is -2.09. The fourth-order valence-electron chi connectivity index (χ4n) is 1.86. The zero-order chi connectivity index (χ0) is 15.9. The number of aromatic nitrogens is 2. The van der Waals surface area contributed by atoms with E-state index in [2.05, 4.69) is 29.1 Å². The molecule has 1 heterocycles. The molecule has 0 aliphatic rings. The molecule has 0 amide bonds. The summed E-state index contributed by atoms with van der Waals surface area (Å²) in [5.74, 6) is 2.23. The molecular formula is C16H22N4OS. The number of benzene rings is 1. The number of anilines is 2. The molecule has 22 heavy (non-hydrogen) atoms. The summed E-state index contributed by atoms with van der Waals surface area (Å²) in [6.45, 7) is 4.86. The van der Waals surface area contributed by atoms with Crippen LogP contribution in [-0.4, -0.2) is 33.5 Å². The average molecular weight is 318 g/mol. The first-order valence-electron chi connectivity index (χ1n) is 7.28. The predicted molar refractivity (Wildman–Crippen MR) is 93.9 cm³/mol. The maximum Gasteiger partial charge on any atom is 0.161 e. The number of hydrogen-bond donors (Lipinski definition) is 3. The van der Waals surface area contributed by atoms with Crippen molar-refractivity contribution in [3.63, 3.8) is 0 Å². The SMILES string of the molecule is CC(C)SCc1cc(NCCO)nc(-c2ccc(N)cc2)n1. The third-order valence-electron chi connectivity index (χ3n) is 2.93. The molecule has 0 radical (unpaired) electrons. The molecule has 1 aromatic heterocycles. The Morgan fingerprint density at radius 1 is 1.23 bits per heavy atom. The number of aliphatic hydroxyl groups excluding tert-OH is 1. The van der Waals surface area contributed by atoms with Crippen molar-refractivity contribution in [2.45, 2.75) is 24.9 Å². The van der Waals surface area contributed by atoms with Gasteiger partial charge in [0.1, 0.15) is 5.82 Å². The van der Waals surface area contributed by atoms with Gasteiger partial charge in [-0.2, -0.15) is 11.8 Å². The van der Waals surface area contributed by atoms with Gasteiger partial charge in [-0.05, 0) is 29.5 Å². The van der Waals surface area contributed by atoms with Gasteiger partial charge >= 0.3 is 0 Å². The smallest absolute Gasteiger partial charge is 0.161 e. The zero-order valence-corrected chi connectivity index (χ0v) is 13.7. The Kier molecular flexibility index (Phi) is 6.03. The van der Waals surface area contributed by atoms with Crippen LogP contribution < -0.4 is 11.1 Å². The molecule has 2 rings (SSSR count). The molecule has 0 spiro atoms. The molecule has 0 unspecified atom stereocenters. The van der Waals surface area contributed by atoms with E-state index in [9.17, 15) is 0 Å². The van der Waals surface area contributed by atoms with Crippen LogP contribution in [0.3, 0.4) is 0 Å². The Labute approximate surface area is 135 Å². The fourth-order valence-corrected chi connectivity index (χ4v) is 2.51. The quantitative estimate of drug-likeness (QED) is 0.681. The molecule has 0 aliphatic carbocycles. The molecule has 118 valence electrons. The van der Waals surface area contributed by atoms with Crippen LogP contribution in [0.4, 0.5) is 11.5 Å². The fraction of sp³-hybridized carbons (Fsp3) is 0.375. The lowest BCUT2D eigenvalue weighted by Gasteiger charge is -2.10. The summed E-state index contributed by atoms with van der Waals surface area (Å²) in [5, 5.41) is 12.6. The average Bonchev–Trinajstić information content (AvgIpc) is 2.51. The lowest BCUT2D eigenvalue weighted by molar-refractivity contribution is 0.311. The number of thioether (sulfide) groups is 1. The second-order valence-electron chi connectivity index (χ2n) is 5.20. The van der Waals surface area contributed by atoms with E-state index in [4.69, 9.17) is 10.8 Å². The van der Waals surface area contributed by atoms with Crippen LogP contribution >= 0.6 is 11.8 Å². The number of nitrogens with two attached hydrogens (primary N) is 1. The van der Waals surface area contributed by atoms with Gasteiger partial charge in [-0.1, -0.05) is 13.8 Å². The van der Waals surface area contributed by atoms with Crippen molar-refractivity contribution in [2.24, 2.45) is 0 Å². The van der Waals surface area contributed by atoms with Crippen molar-refractivity contribution < 1.29 is 5.11 Å². The van der Waals surface area contributed by atoms with Crippen molar-refractivity contribution in [3.8, 4) is 11.4 Å². The van der Waals surface area contributed by atoms with Crippen LogP contribution in [0.25, 0.3) is 11.4 Å². The monoisotopic (exact) mass is 318 g/mol. The van der Waals surface area contributed by atoms with Gasteiger partial charge in [-0.25, -0.2) is 9.97 Å². The minimum absolute atomic E-state index is 0.0668. The molecule has 0 fully saturated rings. The van der Waals surface area contributed by atoms with Gasteiger partial charge in [-0.15, -0.1) is 0 Å². The Morgan fingerprint density at radius 2 is 1.95 bits per heavy atom. The maximum absolute atomic E-state index is 8.97. The van der Waals surface area contributed by atoms with E-state index >= 15 is 0 Å². The number of hydrogen-bond acceptors (Lipinski definition) is 6. The number of nitrogens with one attached hydrogen (secondary N) is 1. The third-order valence-corrected chi connectivity index (χ3v) is 4.06. The third kappa shape index (κ3) is 4.89. The van der Waals surface area contributed by atoms with Crippen LogP contribution in [0.2, 0.25) is 0 Å². The molecule has 1 aromatic carbocycles. The first kappa shape index (κ1) is 16.6. The second-order valence-corrected chi connectivity index (χ2v) is 6.77. The first-order chi connectivity index (χ1) is 10.6. The number of aliphatic hydroxyl groups is 1. The molecule has 6 heteroatoms. The van der Waals surface area contributed by atoms with E-state index < -0.39 is 0 Å². The van der Waals surface area contributed by atoms with Gasteiger partial charge in [-0.3, -0.25) is 0 Å². The molecular weight excluding hydrogens is 296 g/mol. The Morgan fingerprint density at radius 3 is 2.59 bits per heavy atom. The van der Waals surface area contributed by atoms with E-state index in [1.165, 1.54) is 0 Å². The maximum atomic E-state index is 8.97. The highest BCUT2D eigenvalue weighted by atomic mass is 32.2. The summed E-state index contributed by atoms with van der Waals surface area (Å²) in [7, 11) is 0. The predicted octanol–water partition coefficient (Wildman–Crippen LogP) is 2.77. The van der Waals surface area contributed by atoms with Crippen molar-refractivity contribution in [2.75, 3.05) is 24.2 Å². The van der Waals surface area contributed by atoms with Gasteiger partial charge in [0, 0.05) is 29.6 Å². The second kappa shape index (κ2) is 8.00.